The smallest absolute Gasteiger partial charge is 0.321 e. The standard InChI is InChI=1S/C14H14F3N/c1-9-8-18(11(3)10(9)2)13-6-4-12(5-7-13)14(15,16)17/h4-8H,1-3H3. The van der Waals surface area contributed by atoms with Crippen LogP contribution in [0.15, 0.2) is 30.5 Å². The molecular weight excluding hydrogens is 239 g/mol. The molecule has 1 aromatic heterocycles. The minimum atomic E-state index is -4.28. The molecule has 0 saturated heterocycles. The molecule has 2 rings (SSSR count). The molecule has 0 amide bonds. The molecule has 18 heavy (non-hydrogen) atoms. The lowest BCUT2D eigenvalue weighted by Gasteiger charge is -2.10. The monoisotopic (exact) mass is 253 g/mol. The maximum atomic E-state index is 12.5. The molecule has 2 aromatic rings. The first-order chi connectivity index (χ1) is 8.30. The van der Waals surface area contributed by atoms with Crippen LogP contribution in [0.4, 0.5) is 13.2 Å². The number of nitrogens with zero attached hydrogens (tertiary/aromatic N) is 1. The van der Waals surface area contributed by atoms with Crippen molar-refractivity contribution in [3.05, 3.63) is 52.8 Å². The van der Waals surface area contributed by atoms with E-state index >= 15 is 0 Å². The first-order valence-electron chi connectivity index (χ1n) is 5.63. The summed E-state index contributed by atoms with van der Waals surface area (Å²) >= 11 is 0. The summed E-state index contributed by atoms with van der Waals surface area (Å²) in [5.41, 5.74) is 3.47. The highest BCUT2D eigenvalue weighted by molar-refractivity contribution is 5.42. The van der Waals surface area contributed by atoms with Gasteiger partial charge in [0.25, 0.3) is 0 Å². The van der Waals surface area contributed by atoms with E-state index in [1.807, 2.05) is 31.5 Å². The van der Waals surface area contributed by atoms with Crippen LogP contribution in [-0.2, 0) is 6.18 Å². The summed E-state index contributed by atoms with van der Waals surface area (Å²) < 4.78 is 39.3. The van der Waals surface area contributed by atoms with Crippen LogP contribution < -0.4 is 0 Å². The zero-order chi connectivity index (χ0) is 13.5. The van der Waals surface area contributed by atoms with E-state index in [9.17, 15) is 13.2 Å². The molecule has 1 heterocycles. The Bertz CT molecular complexity index is 562. The van der Waals surface area contributed by atoms with Gasteiger partial charge in [-0.1, -0.05) is 0 Å². The van der Waals surface area contributed by atoms with Crippen LogP contribution in [0.2, 0.25) is 0 Å². The van der Waals surface area contributed by atoms with Gasteiger partial charge in [0.1, 0.15) is 0 Å². The Morgan fingerprint density at radius 3 is 1.89 bits per heavy atom. The highest BCUT2D eigenvalue weighted by atomic mass is 19.4. The van der Waals surface area contributed by atoms with Gasteiger partial charge in [0.2, 0.25) is 0 Å². The molecule has 0 N–H and O–H groups in total. The molecule has 0 bridgehead atoms. The second-order valence-corrected chi connectivity index (χ2v) is 4.44. The van der Waals surface area contributed by atoms with E-state index in [0.29, 0.717) is 0 Å². The fourth-order valence-electron chi connectivity index (χ4n) is 1.93. The highest BCUT2D eigenvalue weighted by Gasteiger charge is 2.30. The van der Waals surface area contributed by atoms with E-state index in [2.05, 4.69) is 0 Å². The van der Waals surface area contributed by atoms with Crippen LogP contribution in [0.5, 0.6) is 0 Å². The highest BCUT2D eigenvalue weighted by Crippen LogP contribution is 2.30. The van der Waals surface area contributed by atoms with Gasteiger partial charge < -0.3 is 4.57 Å². The zero-order valence-corrected chi connectivity index (χ0v) is 10.5. The average Bonchev–Trinajstić information content (AvgIpc) is 2.56. The van der Waals surface area contributed by atoms with Crippen molar-refractivity contribution in [2.24, 2.45) is 0 Å². The number of halogens is 3. The van der Waals surface area contributed by atoms with Crippen LogP contribution in [0.25, 0.3) is 5.69 Å². The summed E-state index contributed by atoms with van der Waals surface area (Å²) in [6, 6.07) is 5.21. The molecule has 0 aliphatic heterocycles. The molecule has 0 radical (unpaired) electrons. The lowest BCUT2D eigenvalue weighted by atomic mass is 10.2. The molecule has 0 aliphatic carbocycles. The fraction of sp³-hybridized carbons (Fsp3) is 0.286. The van der Waals surface area contributed by atoms with E-state index in [1.54, 1.807) is 0 Å². The van der Waals surface area contributed by atoms with Crippen molar-refractivity contribution < 1.29 is 13.2 Å². The van der Waals surface area contributed by atoms with Crippen LogP contribution >= 0.6 is 0 Å². The minimum Gasteiger partial charge on any atom is -0.321 e. The SMILES string of the molecule is Cc1cn(-c2ccc(C(F)(F)F)cc2)c(C)c1C. The van der Waals surface area contributed by atoms with Crippen molar-refractivity contribution in [1.29, 1.82) is 0 Å². The predicted octanol–water partition coefficient (Wildman–Crippen LogP) is 4.42. The van der Waals surface area contributed by atoms with Crippen LogP contribution in [-0.4, -0.2) is 4.57 Å². The number of hydrogen-bond acceptors (Lipinski definition) is 0. The van der Waals surface area contributed by atoms with Gasteiger partial charge in [-0.25, -0.2) is 0 Å². The largest absolute Gasteiger partial charge is 0.416 e. The normalized spacial score (nSPS) is 11.9. The molecule has 0 atom stereocenters. The first-order valence-corrected chi connectivity index (χ1v) is 5.63. The van der Waals surface area contributed by atoms with Gasteiger partial charge in [-0.2, -0.15) is 13.2 Å². The Morgan fingerprint density at radius 2 is 1.50 bits per heavy atom. The van der Waals surface area contributed by atoms with Crippen LogP contribution in [0.3, 0.4) is 0 Å². The molecule has 0 unspecified atom stereocenters. The summed E-state index contributed by atoms with van der Waals surface area (Å²) in [5.74, 6) is 0. The second kappa shape index (κ2) is 4.19. The zero-order valence-electron chi connectivity index (χ0n) is 10.5. The Balaban J connectivity index is 2.44. The third-order valence-corrected chi connectivity index (χ3v) is 3.29. The van der Waals surface area contributed by atoms with Gasteiger partial charge in [-0.05, 0) is 56.2 Å². The number of aryl methyl sites for hydroxylation is 1. The number of benzene rings is 1. The van der Waals surface area contributed by atoms with Gasteiger partial charge in [-0.15, -0.1) is 0 Å². The lowest BCUT2D eigenvalue weighted by Crippen LogP contribution is -2.05. The molecule has 0 saturated carbocycles. The van der Waals surface area contributed by atoms with Crippen molar-refractivity contribution in [1.82, 2.24) is 4.57 Å². The van der Waals surface area contributed by atoms with Crippen LogP contribution in [0.1, 0.15) is 22.4 Å². The Labute approximate surface area is 104 Å². The van der Waals surface area contributed by atoms with E-state index < -0.39 is 11.7 Å². The van der Waals surface area contributed by atoms with Gasteiger partial charge in [-0.3, -0.25) is 0 Å². The van der Waals surface area contributed by atoms with Crippen molar-refractivity contribution in [2.45, 2.75) is 26.9 Å². The maximum absolute atomic E-state index is 12.5. The Morgan fingerprint density at radius 1 is 0.944 bits per heavy atom. The van der Waals surface area contributed by atoms with Crippen molar-refractivity contribution >= 4 is 0 Å². The lowest BCUT2D eigenvalue weighted by molar-refractivity contribution is -0.137. The van der Waals surface area contributed by atoms with Gasteiger partial charge >= 0.3 is 6.18 Å². The molecule has 0 fully saturated rings. The maximum Gasteiger partial charge on any atom is 0.416 e. The van der Waals surface area contributed by atoms with E-state index in [4.69, 9.17) is 0 Å². The molecule has 4 heteroatoms. The Kier molecular flexibility index (Phi) is 2.97. The van der Waals surface area contributed by atoms with Crippen molar-refractivity contribution in [2.75, 3.05) is 0 Å². The van der Waals surface area contributed by atoms with Crippen molar-refractivity contribution in [3.8, 4) is 5.69 Å². The fourth-order valence-corrected chi connectivity index (χ4v) is 1.93. The van der Waals surface area contributed by atoms with Gasteiger partial charge in [0, 0.05) is 17.6 Å². The average molecular weight is 253 g/mol. The topological polar surface area (TPSA) is 4.93 Å². The van der Waals surface area contributed by atoms with Gasteiger partial charge in [0.05, 0.1) is 5.56 Å². The molecule has 0 spiro atoms. The van der Waals surface area contributed by atoms with E-state index in [1.165, 1.54) is 12.1 Å². The third kappa shape index (κ3) is 2.15. The first kappa shape index (κ1) is 12.7. The molecular formula is C14H14F3N. The van der Waals surface area contributed by atoms with Gasteiger partial charge in [0.15, 0.2) is 0 Å². The van der Waals surface area contributed by atoms with E-state index in [0.717, 1.165) is 34.6 Å². The van der Waals surface area contributed by atoms with Crippen LogP contribution in [0, 0.1) is 20.8 Å². The van der Waals surface area contributed by atoms with Crippen molar-refractivity contribution in [3.63, 3.8) is 0 Å². The molecule has 96 valence electrons. The Hall–Kier alpha value is -1.71. The molecule has 1 aromatic carbocycles. The molecule has 1 nitrogen and oxygen atoms in total. The summed E-state index contributed by atoms with van der Waals surface area (Å²) in [6.07, 6.45) is -2.34. The number of alkyl halides is 3. The summed E-state index contributed by atoms with van der Waals surface area (Å²) in [6.45, 7) is 5.95. The quantitative estimate of drug-likeness (QED) is 0.709. The summed E-state index contributed by atoms with van der Waals surface area (Å²) in [7, 11) is 0. The summed E-state index contributed by atoms with van der Waals surface area (Å²) in [5, 5.41) is 0. The number of hydrogen-bond donors (Lipinski definition) is 0. The second-order valence-electron chi connectivity index (χ2n) is 4.44. The number of aromatic nitrogens is 1. The number of rotatable bonds is 1. The predicted molar refractivity (Wildman–Crippen MR) is 65.0 cm³/mol. The third-order valence-electron chi connectivity index (χ3n) is 3.29. The summed E-state index contributed by atoms with van der Waals surface area (Å²) in [4.78, 5) is 0. The molecule has 0 aliphatic rings. The van der Waals surface area contributed by atoms with E-state index in [-0.39, 0.29) is 0 Å². The minimum absolute atomic E-state index is 0.621.